The van der Waals surface area contributed by atoms with Crippen LogP contribution in [0.2, 0.25) is 0 Å². The van der Waals surface area contributed by atoms with Crippen LogP contribution in [-0.2, 0) is 11.4 Å². The van der Waals surface area contributed by atoms with E-state index < -0.39 is 6.10 Å². The van der Waals surface area contributed by atoms with Crippen LogP contribution in [0.25, 0.3) is 0 Å². The van der Waals surface area contributed by atoms with Crippen LogP contribution in [0.4, 0.5) is 0 Å². The molecule has 6 nitrogen and oxygen atoms in total. The van der Waals surface area contributed by atoms with Crippen molar-refractivity contribution >= 4 is 5.91 Å². The van der Waals surface area contributed by atoms with E-state index in [9.17, 15) is 9.90 Å². The van der Waals surface area contributed by atoms with Gasteiger partial charge in [-0.15, -0.1) is 0 Å². The van der Waals surface area contributed by atoms with Gasteiger partial charge in [0.25, 0.3) is 5.91 Å². The SMILES string of the molecule is CN(C)[C@H]1CN(C(=O)COc2ccc(CO)cc2)C[C@@H]1O. The molecule has 0 unspecified atom stereocenters. The molecule has 1 aliphatic heterocycles. The molecular weight excluding hydrogens is 272 g/mol. The Hall–Kier alpha value is -1.63. The maximum atomic E-state index is 12.1. The second kappa shape index (κ2) is 6.89. The van der Waals surface area contributed by atoms with Crippen LogP contribution < -0.4 is 4.74 Å². The standard InChI is InChI=1S/C15H22N2O4/c1-16(2)13-7-17(8-14(13)19)15(20)10-21-12-5-3-11(9-18)4-6-12/h3-6,13-14,18-19H,7-10H2,1-2H3/t13-,14-/m0/s1. The van der Waals surface area contributed by atoms with Gasteiger partial charge in [0.2, 0.25) is 0 Å². The van der Waals surface area contributed by atoms with Crippen LogP contribution >= 0.6 is 0 Å². The van der Waals surface area contributed by atoms with Crippen LogP contribution in [-0.4, -0.2) is 71.9 Å². The summed E-state index contributed by atoms with van der Waals surface area (Å²) in [7, 11) is 3.78. The highest BCUT2D eigenvalue weighted by molar-refractivity contribution is 5.78. The summed E-state index contributed by atoms with van der Waals surface area (Å²) in [6, 6.07) is 6.92. The molecule has 6 heteroatoms. The highest BCUT2D eigenvalue weighted by Gasteiger charge is 2.35. The number of carbonyl (C=O) groups is 1. The van der Waals surface area contributed by atoms with Crippen LogP contribution in [0, 0.1) is 0 Å². The summed E-state index contributed by atoms with van der Waals surface area (Å²) in [6.07, 6.45) is -0.521. The molecule has 21 heavy (non-hydrogen) atoms. The van der Waals surface area contributed by atoms with Gasteiger partial charge in [-0.25, -0.2) is 0 Å². The van der Waals surface area contributed by atoms with Gasteiger partial charge in [-0.1, -0.05) is 12.1 Å². The summed E-state index contributed by atoms with van der Waals surface area (Å²) in [5.41, 5.74) is 0.796. The van der Waals surface area contributed by atoms with Gasteiger partial charge >= 0.3 is 0 Å². The van der Waals surface area contributed by atoms with Gasteiger partial charge in [-0.05, 0) is 31.8 Å². The molecule has 116 valence electrons. The molecule has 1 aromatic carbocycles. The van der Waals surface area contributed by atoms with Crippen molar-refractivity contribution in [3.8, 4) is 5.75 Å². The molecule has 0 bridgehead atoms. The average molecular weight is 294 g/mol. The number of ether oxygens (including phenoxy) is 1. The van der Waals surface area contributed by atoms with E-state index in [0.717, 1.165) is 5.56 Å². The number of likely N-dealkylation sites (N-methyl/N-ethyl adjacent to an activating group) is 1. The highest BCUT2D eigenvalue weighted by Crippen LogP contribution is 2.16. The molecule has 0 spiro atoms. The largest absolute Gasteiger partial charge is 0.484 e. The molecule has 1 heterocycles. The number of rotatable bonds is 5. The van der Waals surface area contributed by atoms with Crippen molar-refractivity contribution in [2.75, 3.05) is 33.8 Å². The smallest absolute Gasteiger partial charge is 0.260 e. The van der Waals surface area contributed by atoms with E-state index in [1.807, 2.05) is 19.0 Å². The van der Waals surface area contributed by atoms with Crippen LogP contribution in [0.3, 0.4) is 0 Å². The predicted octanol–water partition coefficient (Wildman–Crippen LogP) is -0.309. The predicted molar refractivity (Wildman–Crippen MR) is 77.9 cm³/mol. The van der Waals surface area contributed by atoms with Gasteiger partial charge in [0.15, 0.2) is 6.61 Å². The molecule has 2 rings (SSSR count). The van der Waals surface area contributed by atoms with E-state index in [2.05, 4.69) is 0 Å². The Kier molecular flexibility index (Phi) is 5.17. The number of aliphatic hydroxyl groups is 2. The van der Waals surface area contributed by atoms with E-state index in [4.69, 9.17) is 9.84 Å². The molecule has 1 amide bonds. The Bertz CT molecular complexity index is 475. The minimum atomic E-state index is -0.521. The quantitative estimate of drug-likeness (QED) is 0.779. The molecule has 0 aliphatic carbocycles. The van der Waals surface area contributed by atoms with Crippen molar-refractivity contribution < 1.29 is 19.7 Å². The van der Waals surface area contributed by atoms with Crippen molar-refractivity contribution in [1.29, 1.82) is 0 Å². The molecular formula is C15H22N2O4. The number of nitrogens with zero attached hydrogens (tertiary/aromatic N) is 2. The van der Waals surface area contributed by atoms with Gasteiger partial charge < -0.3 is 24.7 Å². The highest BCUT2D eigenvalue weighted by atomic mass is 16.5. The minimum Gasteiger partial charge on any atom is -0.484 e. The maximum Gasteiger partial charge on any atom is 0.260 e. The lowest BCUT2D eigenvalue weighted by Gasteiger charge is -2.21. The number of carbonyl (C=O) groups excluding carboxylic acids is 1. The Morgan fingerprint density at radius 2 is 2.00 bits per heavy atom. The number of β-amino-alcohol motifs (C(OH)–C–C–N with tert-alkyl or cyclic N) is 1. The molecule has 0 saturated carbocycles. The zero-order valence-corrected chi connectivity index (χ0v) is 12.4. The average Bonchev–Trinajstić information content (AvgIpc) is 2.87. The topological polar surface area (TPSA) is 73.2 Å². The molecule has 2 atom stereocenters. The number of hydrogen-bond donors (Lipinski definition) is 2. The maximum absolute atomic E-state index is 12.1. The first-order valence-electron chi connectivity index (χ1n) is 6.96. The van der Waals surface area contributed by atoms with Crippen LogP contribution in [0.5, 0.6) is 5.75 Å². The van der Waals surface area contributed by atoms with Crippen molar-refractivity contribution in [2.24, 2.45) is 0 Å². The van der Waals surface area contributed by atoms with E-state index >= 15 is 0 Å². The van der Waals surface area contributed by atoms with Crippen molar-refractivity contribution in [1.82, 2.24) is 9.80 Å². The Labute approximate surface area is 124 Å². The molecule has 1 aliphatic rings. The first kappa shape index (κ1) is 15.8. The summed E-state index contributed by atoms with van der Waals surface area (Å²) in [6.45, 7) is 0.788. The second-order valence-corrected chi connectivity index (χ2v) is 5.49. The third-order valence-corrected chi connectivity index (χ3v) is 3.74. The minimum absolute atomic E-state index is 0.0171. The van der Waals surface area contributed by atoms with Crippen LogP contribution in [0.15, 0.2) is 24.3 Å². The number of likely N-dealkylation sites (tertiary alicyclic amines) is 1. The Morgan fingerprint density at radius 1 is 1.33 bits per heavy atom. The zero-order valence-electron chi connectivity index (χ0n) is 12.4. The first-order valence-corrected chi connectivity index (χ1v) is 6.96. The fourth-order valence-corrected chi connectivity index (χ4v) is 2.41. The molecule has 1 aromatic rings. The molecule has 1 saturated heterocycles. The van der Waals surface area contributed by atoms with Gasteiger partial charge in [-0.3, -0.25) is 4.79 Å². The van der Waals surface area contributed by atoms with E-state index in [1.165, 1.54) is 0 Å². The third-order valence-electron chi connectivity index (χ3n) is 3.74. The number of hydrogen-bond acceptors (Lipinski definition) is 5. The number of aliphatic hydroxyl groups excluding tert-OH is 2. The van der Waals surface area contributed by atoms with Crippen molar-refractivity contribution in [3.05, 3.63) is 29.8 Å². The van der Waals surface area contributed by atoms with Gasteiger partial charge in [-0.2, -0.15) is 0 Å². The molecule has 2 N–H and O–H groups in total. The third kappa shape index (κ3) is 3.93. The monoisotopic (exact) mass is 294 g/mol. The fourth-order valence-electron chi connectivity index (χ4n) is 2.41. The first-order chi connectivity index (χ1) is 10.0. The Balaban J connectivity index is 1.84. The van der Waals surface area contributed by atoms with Gasteiger partial charge in [0.1, 0.15) is 5.75 Å². The second-order valence-electron chi connectivity index (χ2n) is 5.49. The molecule has 1 fully saturated rings. The summed E-state index contributed by atoms with van der Waals surface area (Å²) >= 11 is 0. The summed E-state index contributed by atoms with van der Waals surface area (Å²) < 4.78 is 5.44. The molecule has 0 radical (unpaired) electrons. The van der Waals surface area contributed by atoms with Crippen molar-refractivity contribution in [3.63, 3.8) is 0 Å². The Morgan fingerprint density at radius 3 is 2.52 bits per heavy atom. The zero-order chi connectivity index (χ0) is 15.4. The number of amides is 1. The lowest BCUT2D eigenvalue weighted by atomic mass is 10.2. The summed E-state index contributed by atoms with van der Waals surface area (Å²) in [5, 5.41) is 18.9. The lowest BCUT2D eigenvalue weighted by Crippen LogP contribution is -2.38. The van der Waals surface area contributed by atoms with E-state index in [-0.39, 0.29) is 25.2 Å². The molecule has 0 aromatic heterocycles. The normalized spacial score (nSPS) is 21.9. The van der Waals surface area contributed by atoms with Gasteiger partial charge in [0.05, 0.1) is 18.8 Å². The fraction of sp³-hybridized carbons (Fsp3) is 0.533. The van der Waals surface area contributed by atoms with Gasteiger partial charge in [0, 0.05) is 13.1 Å². The summed E-state index contributed by atoms with van der Waals surface area (Å²) in [5.74, 6) is 0.453. The summed E-state index contributed by atoms with van der Waals surface area (Å²) in [4.78, 5) is 15.6. The number of benzene rings is 1. The van der Waals surface area contributed by atoms with Crippen molar-refractivity contribution in [2.45, 2.75) is 18.8 Å². The van der Waals surface area contributed by atoms with Crippen LogP contribution in [0.1, 0.15) is 5.56 Å². The van der Waals surface area contributed by atoms with E-state index in [1.54, 1.807) is 29.2 Å². The van der Waals surface area contributed by atoms with E-state index in [0.29, 0.717) is 18.8 Å². The lowest BCUT2D eigenvalue weighted by molar-refractivity contribution is -0.132.